The molecule has 0 aliphatic rings. The Morgan fingerprint density at radius 2 is 1.19 bits per heavy atom. The zero-order valence-electron chi connectivity index (χ0n) is 25.0. The van der Waals surface area contributed by atoms with E-state index in [1.807, 2.05) is 0 Å². The van der Waals surface area contributed by atoms with Gasteiger partial charge in [-0.1, -0.05) is 70.6 Å². The van der Waals surface area contributed by atoms with Crippen LogP contribution < -0.4 is 68.9 Å². The molecule has 0 radical (unpaired) electrons. The monoisotopic (exact) mass is 654 g/mol. The fourth-order valence-electron chi connectivity index (χ4n) is 2.89. The molecule has 0 saturated heterocycles. The number of phosphoric acid groups is 1. The number of ether oxygens (including phenoxy) is 2. The fraction of sp³-hybridized carbons (Fsp3) is 0.533. The molecule has 0 aliphatic carbocycles. The topological polar surface area (TPSA) is 125 Å². The van der Waals surface area contributed by atoms with Crippen LogP contribution in [0.3, 0.4) is 0 Å². The first-order valence-electron chi connectivity index (χ1n) is 12.7. The van der Waals surface area contributed by atoms with Crippen molar-refractivity contribution in [2.24, 2.45) is 0 Å². The molecule has 12 heteroatoms. The molecule has 0 aromatic heterocycles. The molecule has 0 rings (SSSR count). The molecule has 0 N–H and O–H groups in total. The predicted octanol–water partition coefficient (Wildman–Crippen LogP) is -0.535. The molecule has 0 aromatic carbocycles. The number of unbranched alkanes of at least 4 members (excludes halogenated alkanes) is 9. The quantitative estimate of drug-likeness (QED) is 0.0512. The zero-order chi connectivity index (χ0) is 29.0. The van der Waals surface area contributed by atoms with Gasteiger partial charge in [0, 0.05) is 28.0 Å². The summed E-state index contributed by atoms with van der Waals surface area (Å²) in [6.07, 6.45) is 9.80. The van der Waals surface area contributed by atoms with Gasteiger partial charge in [0.2, 0.25) is 0 Å². The van der Waals surface area contributed by atoms with E-state index in [1.54, 1.807) is 6.92 Å². The molecule has 0 heterocycles. The van der Waals surface area contributed by atoms with Crippen molar-refractivity contribution in [1.29, 1.82) is 0 Å². The van der Waals surface area contributed by atoms with Crippen LogP contribution in [0.25, 0.3) is 0 Å². The molecule has 0 amide bonds. The maximum atomic E-state index is 12.1. The third kappa shape index (κ3) is 36.8. The van der Waals surface area contributed by atoms with Gasteiger partial charge in [0.05, 0.1) is 14.4 Å². The van der Waals surface area contributed by atoms with Gasteiger partial charge in [-0.2, -0.15) is 13.5 Å². The molecule has 238 valence electrons. The number of hydrogen-bond donors (Lipinski definition) is 0. The molecule has 8 nitrogen and oxygen atoms in total. The van der Waals surface area contributed by atoms with Crippen LogP contribution in [0.5, 0.6) is 0 Å². The largest absolute Gasteiger partial charge is 1.00 e. The zero-order valence-corrected chi connectivity index (χ0v) is 30.9. The van der Waals surface area contributed by atoms with Crippen molar-refractivity contribution in [3.05, 3.63) is 0 Å². The molecule has 0 unspecified atom stereocenters. The number of hydrogen-bond acceptors (Lipinski definition) is 8. The smallest absolute Gasteiger partial charge is 0.790 e. The summed E-state index contributed by atoms with van der Waals surface area (Å²) in [6.45, 7) is 2.51. The van der Waals surface area contributed by atoms with Crippen LogP contribution in [0.4, 0.5) is 0 Å². The standard InChI is InChI=1S/C30H35O8P.2Na.H2S.11H2/c1-3-5-7-9-11-13-15-17-18-20-22-24-29(31)36-26-28(27-37-39(33,34)35)38-30(32)25-23-21-19-16-14-12-10-8-6-4-2;;;;;;;;;;;;;;/h28H,4,6,8,10,12,14,16,19,21,23,25-27H2,1-2H3,(H2,33,34,35);;;1H2;11*1H/q;2*+1;;;;;;;;;;;;/p-2/t28-;;;;;;;;;;;;;;/m0............../s1. The first kappa shape index (κ1) is 47.7. The van der Waals surface area contributed by atoms with Crippen LogP contribution in [0, 0.1) is 71.0 Å². The van der Waals surface area contributed by atoms with Gasteiger partial charge in [-0.05, 0) is 72.5 Å². The summed E-state index contributed by atoms with van der Waals surface area (Å²) in [6, 6.07) is 0. The van der Waals surface area contributed by atoms with Crippen molar-refractivity contribution < 1.29 is 113 Å². The van der Waals surface area contributed by atoms with Gasteiger partial charge in [-0.3, -0.25) is 4.79 Å². The molecule has 0 saturated carbocycles. The second-order valence-electron chi connectivity index (χ2n) is 8.01. The van der Waals surface area contributed by atoms with Crippen molar-refractivity contribution in [3.63, 3.8) is 0 Å². The summed E-state index contributed by atoms with van der Waals surface area (Å²) in [5.74, 6) is 27.1. The summed E-state index contributed by atoms with van der Waals surface area (Å²) >= 11 is 0. The van der Waals surface area contributed by atoms with Gasteiger partial charge in [-0.15, -0.1) is 0 Å². The van der Waals surface area contributed by atoms with E-state index in [4.69, 9.17) is 9.47 Å². The molecule has 0 bridgehead atoms. The SMILES string of the molecule is CC#CC#CC#CC#CC#CC#CC(=O)OC[C@@H](COP(=O)([O-])[O-])OC(=O)CCCCCCCCCCCC.S.[HH].[HH].[HH].[HH].[HH].[HH].[HH].[HH].[HH].[HH].[HH].[Na+].[Na+]. The Labute approximate surface area is 318 Å². The Bertz CT molecular complexity index is 1240. The Morgan fingerprint density at radius 3 is 1.67 bits per heavy atom. The summed E-state index contributed by atoms with van der Waals surface area (Å²) in [4.78, 5) is 45.5. The van der Waals surface area contributed by atoms with E-state index in [2.05, 4.69) is 82.5 Å². The molecular formula is C30H57Na2O8PS. The Kier molecular flexibility index (Phi) is 38.9. The summed E-state index contributed by atoms with van der Waals surface area (Å²) in [5, 5.41) is 0. The first-order valence-corrected chi connectivity index (χ1v) is 14.2. The molecule has 0 aromatic rings. The van der Waals surface area contributed by atoms with Crippen molar-refractivity contribution in [2.75, 3.05) is 13.2 Å². The molecular weight excluding hydrogens is 597 g/mol. The van der Waals surface area contributed by atoms with Crippen molar-refractivity contribution in [3.8, 4) is 71.0 Å². The minimum Gasteiger partial charge on any atom is -0.790 e. The van der Waals surface area contributed by atoms with Crippen LogP contribution in [-0.4, -0.2) is 31.3 Å². The average Bonchev–Trinajstić information content (AvgIpc) is 2.89. The third-order valence-electron chi connectivity index (χ3n) is 4.70. The van der Waals surface area contributed by atoms with E-state index in [-0.39, 0.29) is 94.7 Å². The molecule has 1 atom stereocenters. The van der Waals surface area contributed by atoms with Gasteiger partial charge in [0.15, 0.2) is 6.10 Å². The second-order valence-corrected chi connectivity index (χ2v) is 9.16. The molecule has 0 fully saturated rings. The summed E-state index contributed by atoms with van der Waals surface area (Å²) in [5.41, 5.74) is 0. The second kappa shape index (κ2) is 34.3. The van der Waals surface area contributed by atoms with Crippen LogP contribution in [-0.2, 0) is 28.2 Å². The van der Waals surface area contributed by atoms with Crippen molar-refractivity contribution >= 4 is 33.3 Å². The number of rotatable bonds is 17. The van der Waals surface area contributed by atoms with E-state index in [1.165, 1.54) is 38.5 Å². The van der Waals surface area contributed by atoms with Crippen LogP contribution >= 0.6 is 21.3 Å². The summed E-state index contributed by atoms with van der Waals surface area (Å²) < 4.78 is 24.9. The maximum absolute atomic E-state index is 12.1. The van der Waals surface area contributed by atoms with Crippen LogP contribution in [0.15, 0.2) is 0 Å². The van der Waals surface area contributed by atoms with Gasteiger partial charge < -0.3 is 28.3 Å². The van der Waals surface area contributed by atoms with Crippen LogP contribution in [0.2, 0.25) is 0 Å². The Balaban J connectivity index is -0.0000000793. The number of phosphoric ester groups is 1. The Hall–Kier alpha value is -1.24. The molecule has 0 spiro atoms. The number of carbonyl (C=O) groups is 2. The number of esters is 2. The number of carbonyl (C=O) groups excluding carboxylic acids is 2. The van der Waals surface area contributed by atoms with Crippen LogP contribution in [0.1, 0.15) is 100 Å². The van der Waals surface area contributed by atoms with E-state index in [0.717, 1.165) is 19.3 Å². The minimum absolute atomic E-state index is 0. The van der Waals surface area contributed by atoms with Gasteiger partial charge in [0.25, 0.3) is 0 Å². The van der Waals surface area contributed by atoms with E-state index in [9.17, 15) is 23.9 Å². The van der Waals surface area contributed by atoms with Gasteiger partial charge >= 0.3 is 71.1 Å². The Morgan fingerprint density at radius 1 is 0.738 bits per heavy atom. The minimum atomic E-state index is -5.31. The van der Waals surface area contributed by atoms with E-state index >= 15 is 0 Å². The predicted molar refractivity (Wildman–Crippen MR) is 177 cm³/mol. The molecule has 42 heavy (non-hydrogen) atoms. The maximum Gasteiger partial charge on any atom is 1.00 e. The van der Waals surface area contributed by atoms with Gasteiger partial charge in [-0.25, -0.2) is 4.79 Å². The third-order valence-corrected chi connectivity index (χ3v) is 5.17. The average molecular weight is 655 g/mol. The molecule has 0 aliphatic heterocycles. The summed E-state index contributed by atoms with van der Waals surface area (Å²) in [7, 11) is -5.31. The van der Waals surface area contributed by atoms with Crippen molar-refractivity contribution in [2.45, 2.75) is 90.6 Å². The van der Waals surface area contributed by atoms with E-state index < -0.39 is 39.1 Å². The van der Waals surface area contributed by atoms with Gasteiger partial charge in [0.1, 0.15) is 6.61 Å². The van der Waals surface area contributed by atoms with Crippen molar-refractivity contribution in [1.82, 2.24) is 0 Å². The normalized spacial score (nSPS) is 9.24. The fourth-order valence-corrected chi connectivity index (χ4v) is 3.24. The first-order chi connectivity index (χ1) is 18.8. The van der Waals surface area contributed by atoms with E-state index in [0.29, 0.717) is 6.42 Å².